The van der Waals surface area contributed by atoms with Gasteiger partial charge in [0.2, 0.25) is 0 Å². The van der Waals surface area contributed by atoms with Crippen LogP contribution in [-0.4, -0.2) is 25.1 Å². The summed E-state index contributed by atoms with van der Waals surface area (Å²) in [5.41, 5.74) is 0.431. The minimum Gasteiger partial charge on any atom is -0.373 e. The van der Waals surface area contributed by atoms with Gasteiger partial charge in [0.05, 0.1) is 13.2 Å². The van der Waals surface area contributed by atoms with Crippen molar-refractivity contribution in [3.05, 3.63) is 34.3 Å². The molecule has 1 saturated carbocycles. The highest BCUT2D eigenvalue weighted by molar-refractivity contribution is 9.10. The number of carbonyl (C=O) groups is 1. The molecular formula is C12H13BrO3. The summed E-state index contributed by atoms with van der Waals surface area (Å²) in [5, 5.41) is 0. The SMILES string of the molecule is CO[C@]1(COCc2cccc(Br)c2)CC1=O. The minimum absolute atomic E-state index is 0.129. The fraction of sp³-hybridized carbons (Fsp3) is 0.417. The molecule has 3 nitrogen and oxygen atoms in total. The zero-order chi connectivity index (χ0) is 11.6. The molecule has 0 saturated heterocycles. The predicted molar refractivity (Wildman–Crippen MR) is 63.2 cm³/mol. The molecule has 1 atom stereocenters. The third kappa shape index (κ3) is 2.51. The van der Waals surface area contributed by atoms with E-state index in [-0.39, 0.29) is 5.78 Å². The van der Waals surface area contributed by atoms with E-state index in [1.165, 1.54) is 0 Å². The molecule has 1 aromatic carbocycles. The Morgan fingerprint density at radius 1 is 1.50 bits per heavy atom. The molecule has 0 aromatic heterocycles. The molecule has 16 heavy (non-hydrogen) atoms. The molecule has 0 N–H and O–H groups in total. The van der Waals surface area contributed by atoms with Crippen LogP contribution in [0.5, 0.6) is 0 Å². The van der Waals surface area contributed by atoms with E-state index in [0.717, 1.165) is 10.0 Å². The van der Waals surface area contributed by atoms with Crippen molar-refractivity contribution in [2.45, 2.75) is 18.6 Å². The second-order valence-corrected chi connectivity index (χ2v) is 4.84. The maximum atomic E-state index is 11.1. The van der Waals surface area contributed by atoms with E-state index in [1.54, 1.807) is 7.11 Å². The van der Waals surface area contributed by atoms with Gasteiger partial charge in [-0.1, -0.05) is 28.1 Å². The standard InChI is InChI=1S/C12H13BrO3/c1-15-12(6-11(12)14)8-16-7-9-3-2-4-10(13)5-9/h2-5H,6-8H2,1H3/t12-/m0/s1. The van der Waals surface area contributed by atoms with Crippen LogP contribution in [-0.2, 0) is 20.9 Å². The molecule has 1 aromatic rings. The third-order valence-corrected chi connectivity index (χ3v) is 3.21. The van der Waals surface area contributed by atoms with E-state index in [0.29, 0.717) is 19.6 Å². The highest BCUT2D eigenvalue weighted by atomic mass is 79.9. The molecular weight excluding hydrogens is 272 g/mol. The molecule has 86 valence electrons. The van der Waals surface area contributed by atoms with E-state index in [4.69, 9.17) is 9.47 Å². The van der Waals surface area contributed by atoms with Gasteiger partial charge < -0.3 is 9.47 Å². The summed E-state index contributed by atoms with van der Waals surface area (Å²) in [6.45, 7) is 0.840. The van der Waals surface area contributed by atoms with Gasteiger partial charge >= 0.3 is 0 Å². The van der Waals surface area contributed by atoms with Gasteiger partial charge in [0.25, 0.3) is 0 Å². The average Bonchev–Trinajstić information content (AvgIpc) is 2.90. The van der Waals surface area contributed by atoms with Gasteiger partial charge in [-0.15, -0.1) is 0 Å². The van der Waals surface area contributed by atoms with Crippen molar-refractivity contribution < 1.29 is 14.3 Å². The van der Waals surface area contributed by atoms with Crippen LogP contribution in [0, 0.1) is 0 Å². The average molecular weight is 285 g/mol. The smallest absolute Gasteiger partial charge is 0.170 e. The van der Waals surface area contributed by atoms with Crippen molar-refractivity contribution in [3.63, 3.8) is 0 Å². The maximum absolute atomic E-state index is 11.1. The third-order valence-electron chi connectivity index (χ3n) is 2.71. The van der Waals surface area contributed by atoms with Crippen LogP contribution >= 0.6 is 15.9 Å². The summed E-state index contributed by atoms with van der Waals surface area (Å²) >= 11 is 3.39. The lowest BCUT2D eigenvalue weighted by Crippen LogP contribution is -2.22. The van der Waals surface area contributed by atoms with Crippen molar-refractivity contribution in [1.82, 2.24) is 0 Å². The lowest BCUT2D eigenvalue weighted by atomic mass is 10.2. The summed E-state index contributed by atoms with van der Waals surface area (Å²) < 4.78 is 11.7. The predicted octanol–water partition coefficient (Wildman–Crippen LogP) is 2.32. The maximum Gasteiger partial charge on any atom is 0.170 e. The largest absolute Gasteiger partial charge is 0.373 e. The highest BCUT2D eigenvalue weighted by Gasteiger charge is 2.54. The summed E-state index contributed by atoms with van der Waals surface area (Å²) in [5.74, 6) is 0.129. The first-order valence-corrected chi connectivity index (χ1v) is 5.86. The summed E-state index contributed by atoms with van der Waals surface area (Å²) in [6.07, 6.45) is 0.474. The number of halogens is 1. The van der Waals surface area contributed by atoms with Crippen LogP contribution in [0.15, 0.2) is 28.7 Å². The molecule has 0 radical (unpaired) electrons. The van der Waals surface area contributed by atoms with Crippen LogP contribution in [0.4, 0.5) is 0 Å². The molecule has 4 heteroatoms. The quantitative estimate of drug-likeness (QED) is 0.833. The van der Waals surface area contributed by atoms with Gasteiger partial charge in [-0.05, 0) is 17.7 Å². The molecule has 0 aliphatic heterocycles. The van der Waals surface area contributed by atoms with E-state index in [9.17, 15) is 4.79 Å². The first-order chi connectivity index (χ1) is 7.66. The number of ketones is 1. The molecule has 0 unspecified atom stereocenters. The van der Waals surface area contributed by atoms with Crippen LogP contribution in [0.1, 0.15) is 12.0 Å². The summed E-state index contributed by atoms with van der Waals surface area (Å²) in [7, 11) is 1.55. The second-order valence-electron chi connectivity index (χ2n) is 3.92. The Morgan fingerprint density at radius 3 is 2.81 bits per heavy atom. The number of rotatable bonds is 5. The van der Waals surface area contributed by atoms with Crippen molar-refractivity contribution in [2.75, 3.05) is 13.7 Å². The normalized spacial score (nSPS) is 23.5. The number of methoxy groups -OCH3 is 1. The number of benzene rings is 1. The van der Waals surface area contributed by atoms with Crippen molar-refractivity contribution >= 4 is 21.7 Å². The molecule has 1 aliphatic carbocycles. The number of Topliss-reactive ketones (excluding diaryl/α,β-unsaturated/α-hetero) is 1. The molecule has 0 amide bonds. The monoisotopic (exact) mass is 284 g/mol. The Hall–Kier alpha value is -0.710. The van der Waals surface area contributed by atoms with Gasteiger partial charge in [-0.3, -0.25) is 4.79 Å². The van der Waals surface area contributed by atoms with Gasteiger partial charge in [0.15, 0.2) is 11.4 Å². The van der Waals surface area contributed by atoms with Crippen molar-refractivity contribution in [3.8, 4) is 0 Å². The van der Waals surface area contributed by atoms with Crippen LogP contribution in [0.25, 0.3) is 0 Å². The first-order valence-electron chi connectivity index (χ1n) is 5.07. The van der Waals surface area contributed by atoms with E-state index < -0.39 is 5.60 Å². The summed E-state index contributed by atoms with van der Waals surface area (Å²) in [6, 6.07) is 7.90. The number of carbonyl (C=O) groups excluding carboxylic acids is 1. The zero-order valence-corrected chi connectivity index (χ0v) is 10.6. The molecule has 0 heterocycles. The Morgan fingerprint density at radius 2 is 2.25 bits per heavy atom. The highest BCUT2D eigenvalue weighted by Crippen LogP contribution is 2.34. The van der Waals surface area contributed by atoms with Gasteiger partial charge in [-0.2, -0.15) is 0 Å². The topological polar surface area (TPSA) is 35.5 Å². The van der Waals surface area contributed by atoms with E-state index >= 15 is 0 Å². The number of hydrogen-bond acceptors (Lipinski definition) is 3. The Bertz CT molecular complexity index is 405. The molecule has 2 rings (SSSR count). The number of ether oxygens (including phenoxy) is 2. The zero-order valence-electron chi connectivity index (χ0n) is 9.03. The van der Waals surface area contributed by atoms with Gasteiger partial charge in [-0.25, -0.2) is 0 Å². The lowest BCUT2D eigenvalue weighted by Gasteiger charge is -2.11. The summed E-state index contributed by atoms with van der Waals surface area (Å²) in [4.78, 5) is 11.1. The van der Waals surface area contributed by atoms with Crippen molar-refractivity contribution in [2.24, 2.45) is 0 Å². The van der Waals surface area contributed by atoms with E-state index in [1.807, 2.05) is 24.3 Å². The van der Waals surface area contributed by atoms with Crippen LogP contribution in [0.2, 0.25) is 0 Å². The molecule has 0 spiro atoms. The minimum atomic E-state index is -0.647. The Labute approximate surface area is 103 Å². The first kappa shape index (κ1) is 11.8. The second kappa shape index (κ2) is 4.65. The fourth-order valence-corrected chi connectivity index (χ4v) is 2.00. The molecule has 1 aliphatic rings. The molecule has 0 bridgehead atoms. The van der Waals surface area contributed by atoms with Crippen molar-refractivity contribution in [1.29, 1.82) is 0 Å². The van der Waals surface area contributed by atoms with Gasteiger partial charge in [0.1, 0.15) is 0 Å². The number of hydrogen-bond donors (Lipinski definition) is 0. The Balaban J connectivity index is 1.82. The lowest BCUT2D eigenvalue weighted by molar-refractivity contribution is -0.120. The Kier molecular flexibility index (Phi) is 3.42. The van der Waals surface area contributed by atoms with Gasteiger partial charge in [0, 0.05) is 18.0 Å². The molecule has 1 fully saturated rings. The van der Waals surface area contributed by atoms with Crippen LogP contribution in [0.3, 0.4) is 0 Å². The van der Waals surface area contributed by atoms with Crippen LogP contribution < -0.4 is 0 Å². The fourth-order valence-electron chi connectivity index (χ4n) is 1.55. The van der Waals surface area contributed by atoms with E-state index in [2.05, 4.69) is 15.9 Å².